The number of fused-ring (bicyclic) bond motifs is 14. The van der Waals surface area contributed by atoms with E-state index in [2.05, 4.69) is 32.5 Å². The van der Waals surface area contributed by atoms with Crippen molar-refractivity contribution in [2.75, 3.05) is 0 Å². The molecule has 8 aromatic rings. The van der Waals surface area contributed by atoms with E-state index in [1.165, 1.54) is 189 Å². The third-order valence-electron chi connectivity index (χ3n) is 10.7. The molecule has 0 radical (unpaired) electrons. The Kier molecular flexibility index (Phi) is 11.4. The number of aromatic nitrogens is 4. The average molecular weight is 841 g/mol. The van der Waals surface area contributed by atoms with Crippen LogP contribution in [0.25, 0.3) is 71.2 Å². The van der Waals surface area contributed by atoms with Crippen molar-refractivity contribution in [3.8, 4) is 0 Å². The molecule has 7 aromatic heterocycles. The first kappa shape index (κ1) is 34.6. The van der Waals surface area contributed by atoms with E-state index < -0.39 is 0 Å². The number of aromatic amines is 2. The van der Waals surface area contributed by atoms with Crippen molar-refractivity contribution in [3.05, 3.63) is 21.0 Å². The summed E-state index contributed by atoms with van der Waals surface area (Å²) < 4.78 is 16.2. The van der Waals surface area contributed by atoms with Gasteiger partial charge in [0.1, 0.15) is 0 Å². The Bertz CT molecular complexity index is 2140. The van der Waals surface area contributed by atoms with E-state index in [0.29, 0.717) is 29.0 Å². The van der Waals surface area contributed by atoms with Crippen LogP contribution in [0.1, 0.15) is 141 Å². The van der Waals surface area contributed by atoms with E-state index in [4.69, 9.17) is 9.97 Å². The number of rotatable bonds is 20. The number of thiophene rings is 2. The van der Waals surface area contributed by atoms with E-state index in [1.807, 2.05) is 22.7 Å². The molecular formula is C40H50N4S3Se2. The molecule has 0 unspecified atom stereocenters. The molecule has 49 heavy (non-hydrogen) atoms. The number of unbranched alkanes of at least 4 members (excludes halogenated alkanes) is 16. The van der Waals surface area contributed by atoms with Crippen LogP contribution in [0.5, 0.6) is 0 Å². The molecule has 9 heteroatoms. The normalized spacial score (nSPS) is 12.7. The summed E-state index contributed by atoms with van der Waals surface area (Å²) in [5, 5.41) is 2.59. The van der Waals surface area contributed by atoms with Crippen LogP contribution in [0.4, 0.5) is 0 Å². The van der Waals surface area contributed by atoms with Gasteiger partial charge in [-0.1, -0.05) is 13.8 Å². The number of hydrogen-bond donors (Lipinski definition) is 2. The van der Waals surface area contributed by atoms with Crippen LogP contribution in [0.15, 0.2) is 9.88 Å². The van der Waals surface area contributed by atoms with Crippen molar-refractivity contribution in [1.82, 2.24) is 18.7 Å². The Morgan fingerprint density at radius 1 is 0.490 bits per heavy atom. The standard InChI is InChI=1S/C40H50N4S3Se2/c1-3-5-7-9-11-13-15-17-19-21-25-23-48-39-33-37(45-35(25)39)27-29(41-33)30-28(32-31(27)43-47-44-32)38-34(42-30)40-36(46-38)26(24-49-40)22-20-18-16-14-12-10-8-6-4-2/h23-24,43-44H,3-22H2,1-2H3. The molecule has 0 saturated carbocycles. The maximum atomic E-state index is 5.46. The first-order chi connectivity index (χ1) is 24.3. The van der Waals surface area contributed by atoms with Crippen LogP contribution < -0.4 is 0 Å². The van der Waals surface area contributed by atoms with E-state index in [0.717, 1.165) is 11.0 Å². The number of H-pyrrole nitrogens is 2. The van der Waals surface area contributed by atoms with Crippen molar-refractivity contribution >= 4 is 135 Å². The van der Waals surface area contributed by atoms with Gasteiger partial charge >= 0.3 is 303 Å². The predicted octanol–water partition coefficient (Wildman–Crippen LogP) is 13.7. The van der Waals surface area contributed by atoms with Crippen molar-refractivity contribution in [2.45, 2.75) is 142 Å². The fourth-order valence-electron chi connectivity index (χ4n) is 7.90. The minimum atomic E-state index is 0.377. The fraction of sp³-hybridized carbons (Fsp3) is 0.550. The average Bonchev–Trinajstić information content (AvgIpc) is 3.95. The second kappa shape index (κ2) is 16.1. The molecule has 260 valence electrons. The summed E-state index contributed by atoms with van der Waals surface area (Å²) in [4.78, 5) is 16.0. The molecule has 0 aliphatic heterocycles. The van der Waals surface area contributed by atoms with E-state index in [-0.39, 0.29) is 0 Å². The summed E-state index contributed by atoms with van der Waals surface area (Å²) in [6, 6.07) is 0. The summed E-state index contributed by atoms with van der Waals surface area (Å²) in [6.45, 7) is 4.60. The first-order valence-electron chi connectivity index (χ1n) is 19.2. The van der Waals surface area contributed by atoms with E-state index in [1.54, 1.807) is 22.9 Å². The number of nitrogens with one attached hydrogen (secondary N) is 2. The van der Waals surface area contributed by atoms with Gasteiger partial charge in [0.2, 0.25) is 0 Å². The topological polar surface area (TPSA) is 57.4 Å². The first-order valence-corrected chi connectivity index (χ1v) is 25.3. The summed E-state index contributed by atoms with van der Waals surface area (Å²) in [5.41, 5.74) is 10.4. The molecule has 2 N–H and O–H groups in total. The quantitative estimate of drug-likeness (QED) is 0.0593. The molecule has 0 aliphatic rings. The van der Waals surface area contributed by atoms with Crippen molar-refractivity contribution in [1.29, 1.82) is 0 Å². The number of aryl methyl sites for hydroxylation is 2. The van der Waals surface area contributed by atoms with Gasteiger partial charge in [0.15, 0.2) is 0 Å². The Morgan fingerprint density at radius 3 is 1.29 bits per heavy atom. The van der Waals surface area contributed by atoms with Gasteiger partial charge < -0.3 is 0 Å². The van der Waals surface area contributed by atoms with E-state index >= 15 is 0 Å². The third kappa shape index (κ3) is 6.80. The summed E-state index contributed by atoms with van der Waals surface area (Å²) in [7, 11) is 0. The monoisotopic (exact) mass is 842 g/mol. The Labute approximate surface area is 314 Å². The second-order valence-corrected chi connectivity index (χ2v) is 20.6. The summed E-state index contributed by atoms with van der Waals surface area (Å²) in [5.74, 6) is 0. The zero-order valence-corrected chi connectivity index (χ0v) is 35.1. The zero-order chi connectivity index (χ0) is 33.2. The molecule has 4 nitrogen and oxygen atoms in total. The number of benzene rings is 1. The van der Waals surface area contributed by atoms with Crippen LogP contribution in [0, 0.1) is 0 Å². The van der Waals surface area contributed by atoms with Gasteiger partial charge in [0, 0.05) is 0 Å². The third-order valence-corrected chi connectivity index (χ3v) is 18.7. The summed E-state index contributed by atoms with van der Waals surface area (Å²) >= 11 is 6.37. The van der Waals surface area contributed by atoms with E-state index in [9.17, 15) is 0 Å². The van der Waals surface area contributed by atoms with Gasteiger partial charge in [-0.05, 0) is 0 Å². The van der Waals surface area contributed by atoms with Gasteiger partial charge in [-0.15, -0.1) is 0 Å². The molecule has 0 fully saturated rings. The fourth-order valence-corrected chi connectivity index (χ4v) is 16.8. The predicted molar refractivity (Wildman–Crippen MR) is 223 cm³/mol. The molecule has 0 spiro atoms. The molecule has 0 amide bonds. The SMILES string of the molecule is CCCCCCCCCCCc1c[se]c2c1sc1c2nc2c3nc4c(sc5c(CCCCCCCCCCC)c[se]c54)c3c3[nH]s[nH]c3c21. The number of nitrogens with zero attached hydrogens (tertiary/aromatic N) is 2. The Morgan fingerprint density at radius 2 is 0.878 bits per heavy atom. The Hall–Kier alpha value is -1.44. The number of hydrogen-bond acceptors (Lipinski definition) is 5. The van der Waals surface area contributed by atoms with Gasteiger partial charge in [0.25, 0.3) is 0 Å². The van der Waals surface area contributed by atoms with Crippen LogP contribution in [0.3, 0.4) is 0 Å². The molecule has 7 heterocycles. The molecular weight excluding hydrogens is 791 g/mol. The maximum absolute atomic E-state index is 5.46. The minimum absolute atomic E-state index is 0.377. The molecule has 0 aliphatic carbocycles. The van der Waals surface area contributed by atoms with Crippen LogP contribution in [-0.2, 0) is 12.8 Å². The van der Waals surface area contributed by atoms with Crippen LogP contribution in [0.2, 0.25) is 0 Å². The van der Waals surface area contributed by atoms with Crippen molar-refractivity contribution < 1.29 is 0 Å². The van der Waals surface area contributed by atoms with Crippen molar-refractivity contribution in [3.63, 3.8) is 0 Å². The van der Waals surface area contributed by atoms with Gasteiger partial charge in [0.05, 0.1) is 0 Å². The molecule has 8 rings (SSSR count). The van der Waals surface area contributed by atoms with Crippen LogP contribution >= 0.6 is 34.4 Å². The Balaban J connectivity index is 1.02. The van der Waals surface area contributed by atoms with Gasteiger partial charge in [-0.2, -0.15) is 0 Å². The van der Waals surface area contributed by atoms with Gasteiger partial charge in [-0.25, -0.2) is 0 Å². The van der Waals surface area contributed by atoms with Crippen molar-refractivity contribution in [2.24, 2.45) is 0 Å². The molecule has 1 aromatic carbocycles. The molecule has 0 bridgehead atoms. The zero-order valence-electron chi connectivity index (χ0n) is 29.2. The second-order valence-electron chi connectivity index (χ2n) is 14.3. The summed E-state index contributed by atoms with van der Waals surface area (Å²) in [6.07, 6.45) is 27.5. The molecule has 0 saturated heterocycles. The molecule has 0 atom stereocenters. The van der Waals surface area contributed by atoms with Crippen LogP contribution in [-0.4, -0.2) is 47.7 Å². The van der Waals surface area contributed by atoms with Gasteiger partial charge in [-0.3, -0.25) is 0 Å².